The monoisotopic (exact) mass is 940 g/mol. The summed E-state index contributed by atoms with van der Waals surface area (Å²) >= 11 is 0. The number of phenolic OH excluding ortho intramolecular Hbond substituents is 2. The molecule has 2 unspecified atom stereocenters. The highest BCUT2D eigenvalue weighted by molar-refractivity contribution is 5.79. The third-order valence-corrected chi connectivity index (χ3v) is 11.0. The molecule has 4 aromatic heterocycles. The van der Waals surface area contributed by atoms with Crippen molar-refractivity contribution in [2.75, 3.05) is 20.1 Å². The third-order valence-electron chi connectivity index (χ3n) is 11.0. The maximum absolute atomic E-state index is 13.0. The van der Waals surface area contributed by atoms with E-state index in [1.807, 2.05) is 52.5 Å². The van der Waals surface area contributed by atoms with E-state index in [1.165, 1.54) is 26.2 Å². The van der Waals surface area contributed by atoms with Crippen molar-refractivity contribution >= 4 is 28.2 Å². The number of carbonyl (C=O) groups excluding carboxylic acids is 1. The second-order valence-corrected chi connectivity index (χ2v) is 16.6. The molecule has 6 aromatic rings. The highest BCUT2D eigenvalue weighted by Gasteiger charge is 2.34. The van der Waals surface area contributed by atoms with Crippen LogP contribution >= 0.6 is 0 Å². The number of aromatic hydroxyl groups is 2. The molecule has 2 N–H and O–H groups in total. The van der Waals surface area contributed by atoms with Crippen LogP contribution < -0.4 is 0 Å². The number of fused-ring (bicyclic) bond motifs is 2. The highest BCUT2D eigenvalue weighted by Crippen LogP contribution is 2.40. The van der Waals surface area contributed by atoms with Crippen molar-refractivity contribution in [2.24, 2.45) is 11.8 Å². The van der Waals surface area contributed by atoms with Crippen LogP contribution in [0.15, 0.2) is 61.7 Å². The Balaban J connectivity index is 0.000000273. The molecule has 13 nitrogen and oxygen atoms in total. The van der Waals surface area contributed by atoms with Gasteiger partial charge in [0.05, 0.1) is 47.3 Å². The van der Waals surface area contributed by atoms with Gasteiger partial charge in [0.2, 0.25) is 5.91 Å². The predicted octanol–water partition coefficient (Wildman–Crippen LogP) is 10.9. The second-order valence-electron chi connectivity index (χ2n) is 16.6. The first-order chi connectivity index (χ1) is 31.5. The van der Waals surface area contributed by atoms with Gasteiger partial charge >= 0.3 is 12.4 Å². The summed E-state index contributed by atoms with van der Waals surface area (Å²) in [5.41, 5.74) is 1.36. The van der Waals surface area contributed by atoms with Gasteiger partial charge in [-0.3, -0.25) is 14.2 Å². The lowest BCUT2D eigenvalue weighted by molar-refractivity contribution is -0.138. The number of hydrogen-bond acceptors (Lipinski definition) is 10. The molecular formula is C48H62F6N10O3. The normalized spacial score (nSPS) is 14.5. The van der Waals surface area contributed by atoms with Gasteiger partial charge in [-0.2, -0.15) is 36.5 Å². The summed E-state index contributed by atoms with van der Waals surface area (Å²) in [6.45, 7) is 25.8. The summed E-state index contributed by atoms with van der Waals surface area (Å²) in [7, 11) is 2.08. The largest absolute Gasteiger partial charge is 0.507 e. The molecule has 67 heavy (non-hydrogen) atoms. The number of halogens is 6. The minimum atomic E-state index is -4.55. The molecule has 2 atom stereocenters. The van der Waals surface area contributed by atoms with Crippen molar-refractivity contribution in [3.8, 4) is 34.0 Å². The van der Waals surface area contributed by atoms with Crippen molar-refractivity contribution in [2.45, 2.75) is 120 Å². The highest BCUT2D eigenvalue weighted by atomic mass is 19.4. The number of rotatable bonds is 12. The van der Waals surface area contributed by atoms with Gasteiger partial charge in [0.25, 0.3) is 0 Å². The molecular weight excluding hydrogens is 879 g/mol. The first-order valence-corrected chi connectivity index (χ1v) is 22.4. The quantitative estimate of drug-likeness (QED) is 0.0896. The van der Waals surface area contributed by atoms with Crippen molar-refractivity contribution in [1.82, 2.24) is 49.3 Å². The Morgan fingerprint density at radius 3 is 1.66 bits per heavy atom. The Kier molecular flexibility index (Phi) is 18.0. The molecule has 1 amide bonds. The van der Waals surface area contributed by atoms with Crippen molar-refractivity contribution < 1.29 is 41.4 Å². The van der Waals surface area contributed by atoms with E-state index in [-0.39, 0.29) is 51.5 Å². The number of aryl methyl sites for hydroxylation is 2. The molecule has 0 aliphatic carbocycles. The Labute approximate surface area is 387 Å². The number of allylic oxidation sites excluding steroid dienone is 1. The van der Waals surface area contributed by atoms with Crippen LogP contribution in [0.4, 0.5) is 26.3 Å². The van der Waals surface area contributed by atoms with Gasteiger partial charge in [-0.05, 0) is 96.3 Å². The molecule has 1 fully saturated rings. The molecule has 7 rings (SSSR count). The lowest BCUT2D eigenvalue weighted by Crippen LogP contribution is -2.33. The van der Waals surface area contributed by atoms with Crippen LogP contribution in [0.2, 0.25) is 0 Å². The number of benzene rings is 2. The second kappa shape index (κ2) is 22.6. The van der Waals surface area contributed by atoms with Gasteiger partial charge in [0.1, 0.15) is 22.5 Å². The molecule has 19 heteroatoms. The summed E-state index contributed by atoms with van der Waals surface area (Å²) < 4.78 is 81.5. The van der Waals surface area contributed by atoms with Gasteiger partial charge in [0, 0.05) is 61.7 Å². The average molecular weight is 941 g/mol. The standard InChI is InChI=1S/C23H28F3N5O.C21H22F3N5O2.2C2H6/c1-6-7-16(11-30(5)14(2)3)12-31-13-19-22(29-31)28-18(10-27-19)21-15(4)8-17(9-20(21)32)23(24,25)26;1-11(2)29-9-13(5-18(29)31)8-28-10-16-20(27-28)26-15(7-25-16)19-12(3)4-14(6-17(19)30)21(22,23)24;2*1-2/h6,8-10,13-14,16,32H,1,7,11-12H2,2-5H3;4,6-7,10-11,13,30H,5,8-9H2,1-3H3;2*1-2H3. The number of amides is 1. The number of hydrogen-bond donors (Lipinski definition) is 2. The molecule has 1 saturated heterocycles. The number of phenols is 2. The van der Waals surface area contributed by atoms with Crippen molar-refractivity contribution in [3.63, 3.8) is 0 Å². The Morgan fingerprint density at radius 1 is 0.791 bits per heavy atom. The number of alkyl halides is 6. The van der Waals surface area contributed by atoms with Gasteiger partial charge < -0.3 is 20.0 Å². The van der Waals surface area contributed by atoms with E-state index in [0.717, 1.165) is 25.1 Å². The Hall–Kier alpha value is -6.11. The summed E-state index contributed by atoms with van der Waals surface area (Å²) in [6, 6.07) is 3.92. The van der Waals surface area contributed by atoms with E-state index in [4.69, 9.17) is 0 Å². The molecule has 364 valence electrons. The van der Waals surface area contributed by atoms with Crippen LogP contribution in [-0.2, 0) is 30.2 Å². The minimum absolute atomic E-state index is 0.128. The Morgan fingerprint density at radius 2 is 1.25 bits per heavy atom. The zero-order valence-electron chi connectivity index (χ0n) is 40.0. The molecule has 0 radical (unpaired) electrons. The molecule has 0 spiro atoms. The van der Waals surface area contributed by atoms with Gasteiger partial charge in [-0.1, -0.05) is 33.8 Å². The molecule has 2 aromatic carbocycles. The number of carbonyl (C=O) groups is 1. The van der Waals surface area contributed by atoms with Crippen LogP contribution in [0.25, 0.3) is 44.8 Å². The van der Waals surface area contributed by atoms with Crippen LogP contribution in [0.1, 0.15) is 90.5 Å². The molecule has 5 heterocycles. The van der Waals surface area contributed by atoms with Gasteiger partial charge in [0.15, 0.2) is 11.3 Å². The summed E-state index contributed by atoms with van der Waals surface area (Å²) in [5, 5.41) is 29.4. The van der Waals surface area contributed by atoms with E-state index in [1.54, 1.807) is 21.8 Å². The van der Waals surface area contributed by atoms with E-state index >= 15 is 0 Å². The predicted molar refractivity (Wildman–Crippen MR) is 248 cm³/mol. The first kappa shape index (κ1) is 53.5. The summed E-state index contributed by atoms with van der Waals surface area (Å²) in [5.74, 6) is -0.449. The van der Waals surface area contributed by atoms with Gasteiger partial charge in [-0.25, -0.2) is 19.9 Å². The van der Waals surface area contributed by atoms with Crippen LogP contribution in [0.3, 0.4) is 0 Å². The number of likely N-dealkylation sites (tertiary alicyclic amines) is 1. The van der Waals surface area contributed by atoms with E-state index < -0.39 is 35.0 Å². The summed E-state index contributed by atoms with van der Waals surface area (Å²) in [6.07, 6.45) is 0.471. The smallest absolute Gasteiger partial charge is 0.416 e. The zero-order valence-corrected chi connectivity index (χ0v) is 40.0. The van der Waals surface area contributed by atoms with E-state index in [9.17, 15) is 41.4 Å². The van der Waals surface area contributed by atoms with Crippen molar-refractivity contribution in [3.05, 3.63) is 84.0 Å². The van der Waals surface area contributed by atoms with E-state index in [2.05, 4.69) is 62.5 Å². The van der Waals surface area contributed by atoms with Crippen LogP contribution in [-0.4, -0.2) is 97.6 Å². The van der Waals surface area contributed by atoms with Crippen LogP contribution in [0.5, 0.6) is 11.5 Å². The fourth-order valence-corrected chi connectivity index (χ4v) is 7.67. The average Bonchev–Trinajstić information content (AvgIpc) is 3.96. The molecule has 1 aliphatic rings. The SMILES string of the molecule is C=CCC(CN(C)C(C)C)Cn1cc2ncc(-c3c(C)cc(C(F)(F)F)cc3O)nc2n1.CC.CC.Cc1cc(C(F)(F)F)cc(O)c1-c1cnc2cn(CC3CC(=O)N(C(C)C)C3)nc2n1. The topological polar surface area (TPSA) is 151 Å². The molecule has 0 saturated carbocycles. The zero-order chi connectivity index (χ0) is 50.1. The van der Waals surface area contributed by atoms with Crippen molar-refractivity contribution in [1.29, 1.82) is 0 Å². The van der Waals surface area contributed by atoms with Gasteiger partial charge in [-0.15, -0.1) is 6.58 Å². The number of nitrogens with zero attached hydrogens (tertiary/aromatic N) is 10. The van der Waals surface area contributed by atoms with Crippen LogP contribution in [0, 0.1) is 25.7 Å². The summed E-state index contributed by atoms with van der Waals surface area (Å²) in [4.78, 5) is 33.8. The number of aromatic nitrogens is 8. The third kappa shape index (κ3) is 13.3. The first-order valence-electron chi connectivity index (χ1n) is 22.4. The Bertz CT molecular complexity index is 2580. The lowest BCUT2D eigenvalue weighted by Gasteiger charge is -2.26. The maximum atomic E-state index is 13.0. The molecule has 1 aliphatic heterocycles. The fourth-order valence-electron chi connectivity index (χ4n) is 7.67. The van der Waals surface area contributed by atoms with E-state index in [0.29, 0.717) is 72.5 Å². The lowest BCUT2D eigenvalue weighted by atomic mass is 10.0. The minimum Gasteiger partial charge on any atom is -0.507 e. The fraction of sp³-hybridized carbons (Fsp3) is 0.479. The maximum Gasteiger partial charge on any atom is 0.416 e. The molecule has 0 bridgehead atoms.